The lowest BCUT2D eigenvalue weighted by Gasteiger charge is -2.08. The van der Waals surface area contributed by atoms with Gasteiger partial charge in [0.25, 0.3) is 0 Å². The Bertz CT molecular complexity index is 511. The summed E-state index contributed by atoms with van der Waals surface area (Å²) >= 11 is 0. The van der Waals surface area contributed by atoms with E-state index in [1.54, 1.807) is 0 Å². The van der Waals surface area contributed by atoms with Crippen LogP contribution in [-0.2, 0) is 9.84 Å². The molecule has 1 aromatic carbocycles. The second-order valence-corrected chi connectivity index (χ2v) is 5.51. The van der Waals surface area contributed by atoms with E-state index in [9.17, 15) is 22.0 Å². The Labute approximate surface area is 97.1 Å². The molecule has 0 aliphatic heterocycles. The summed E-state index contributed by atoms with van der Waals surface area (Å²) in [5.74, 6) is -1.84. The van der Waals surface area contributed by atoms with Gasteiger partial charge >= 0.3 is 6.61 Å². The molecule has 0 saturated heterocycles. The van der Waals surface area contributed by atoms with E-state index in [0.29, 0.717) is 0 Å². The Kier molecular flexibility index (Phi) is 4.17. The van der Waals surface area contributed by atoms with E-state index in [1.807, 2.05) is 0 Å². The zero-order valence-electron chi connectivity index (χ0n) is 8.89. The smallest absolute Gasteiger partial charge is 0.387 e. The minimum absolute atomic E-state index is 0.168. The number of rotatable bonds is 5. The first-order valence-electron chi connectivity index (χ1n) is 4.54. The molecule has 7 heteroatoms. The molecule has 0 aliphatic carbocycles. The van der Waals surface area contributed by atoms with E-state index in [0.717, 1.165) is 6.26 Å². The molecular formula is C10H10F2O4S. The van der Waals surface area contributed by atoms with Gasteiger partial charge in [-0.3, -0.25) is 4.79 Å². The number of halogens is 2. The van der Waals surface area contributed by atoms with E-state index in [4.69, 9.17) is 0 Å². The van der Waals surface area contributed by atoms with E-state index < -0.39 is 28.0 Å². The number of sulfone groups is 1. The molecular weight excluding hydrogens is 254 g/mol. The molecule has 0 radical (unpaired) electrons. The van der Waals surface area contributed by atoms with Crippen molar-refractivity contribution in [1.29, 1.82) is 0 Å². The molecule has 0 amide bonds. The lowest BCUT2D eigenvalue weighted by molar-refractivity contribution is -0.0501. The summed E-state index contributed by atoms with van der Waals surface area (Å²) in [6.45, 7) is -3.07. The van der Waals surface area contributed by atoms with Crippen LogP contribution in [0.4, 0.5) is 8.78 Å². The average molecular weight is 264 g/mol. The number of ether oxygens (including phenoxy) is 1. The number of carbonyl (C=O) groups excluding carboxylic acids is 1. The highest BCUT2D eigenvalue weighted by Crippen LogP contribution is 2.21. The molecule has 0 N–H and O–H groups in total. The van der Waals surface area contributed by atoms with E-state index in [2.05, 4.69) is 4.74 Å². The molecule has 4 nitrogen and oxygen atoms in total. The molecule has 0 unspecified atom stereocenters. The second-order valence-electron chi connectivity index (χ2n) is 3.37. The topological polar surface area (TPSA) is 60.4 Å². The third-order valence-corrected chi connectivity index (χ3v) is 2.58. The van der Waals surface area contributed by atoms with Gasteiger partial charge in [-0.2, -0.15) is 8.78 Å². The Morgan fingerprint density at radius 3 is 2.47 bits per heavy atom. The van der Waals surface area contributed by atoms with Crippen LogP contribution in [0.15, 0.2) is 24.3 Å². The molecule has 0 heterocycles. The standard InChI is InChI=1S/C10H10F2O4S/c1-17(14,15)6-8(13)7-4-2-3-5-9(7)16-10(11)12/h2-5,10H,6H2,1H3. The largest absolute Gasteiger partial charge is 0.434 e. The van der Waals surface area contributed by atoms with E-state index in [1.165, 1.54) is 24.3 Å². The van der Waals surface area contributed by atoms with E-state index >= 15 is 0 Å². The number of para-hydroxylation sites is 1. The highest BCUT2D eigenvalue weighted by molar-refractivity contribution is 7.91. The van der Waals surface area contributed by atoms with Crippen LogP contribution in [0.2, 0.25) is 0 Å². The van der Waals surface area contributed by atoms with Crippen LogP contribution in [0.1, 0.15) is 10.4 Å². The van der Waals surface area contributed by atoms with Crippen molar-refractivity contribution >= 4 is 15.6 Å². The number of alkyl halides is 2. The van der Waals surface area contributed by atoms with Crippen molar-refractivity contribution in [2.75, 3.05) is 12.0 Å². The average Bonchev–Trinajstić information content (AvgIpc) is 2.14. The molecule has 0 saturated carbocycles. The van der Waals surface area contributed by atoms with Gasteiger partial charge in [0.15, 0.2) is 15.6 Å². The zero-order valence-corrected chi connectivity index (χ0v) is 9.71. The summed E-state index contributed by atoms with van der Waals surface area (Å²) in [7, 11) is -3.51. The van der Waals surface area contributed by atoms with Crippen molar-refractivity contribution in [3.8, 4) is 5.75 Å². The van der Waals surface area contributed by atoms with Crippen molar-refractivity contribution in [3.63, 3.8) is 0 Å². The maximum Gasteiger partial charge on any atom is 0.387 e. The second kappa shape index (κ2) is 5.22. The molecule has 1 rings (SSSR count). The number of ketones is 1. The maximum atomic E-state index is 12.1. The Balaban J connectivity index is 3.01. The normalized spacial score (nSPS) is 11.5. The van der Waals surface area contributed by atoms with Crippen LogP contribution in [0, 0.1) is 0 Å². The summed E-state index contributed by atoms with van der Waals surface area (Å²) < 4.78 is 50.1. The lowest BCUT2D eigenvalue weighted by atomic mass is 10.1. The van der Waals surface area contributed by atoms with Crippen LogP contribution in [-0.4, -0.2) is 32.8 Å². The monoisotopic (exact) mass is 264 g/mol. The number of carbonyl (C=O) groups is 1. The molecule has 94 valence electrons. The van der Waals surface area contributed by atoms with Gasteiger partial charge in [-0.15, -0.1) is 0 Å². The first-order chi connectivity index (χ1) is 7.79. The molecule has 0 aromatic heterocycles. The summed E-state index contributed by atoms with van der Waals surface area (Å²) in [6, 6.07) is 5.27. The Hall–Kier alpha value is -1.50. The maximum absolute atomic E-state index is 12.1. The predicted octanol–water partition coefficient (Wildman–Crippen LogP) is 1.52. The first kappa shape index (κ1) is 13.6. The summed E-state index contributed by atoms with van der Waals surface area (Å²) in [4.78, 5) is 11.6. The summed E-state index contributed by atoms with van der Waals surface area (Å²) in [5.41, 5.74) is -0.168. The van der Waals surface area contributed by atoms with Crippen LogP contribution < -0.4 is 4.74 Å². The minimum atomic E-state index is -3.51. The van der Waals surface area contributed by atoms with Crippen molar-refractivity contribution in [2.24, 2.45) is 0 Å². The van der Waals surface area contributed by atoms with Gasteiger partial charge in [0.05, 0.1) is 5.56 Å². The predicted molar refractivity (Wildman–Crippen MR) is 57.1 cm³/mol. The van der Waals surface area contributed by atoms with Gasteiger partial charge in [-0.05, 0) is 12.1 Å². The SMILES string of the molecule is CS(=O)(=O)CC(=O)c1ccccc1OC(F)F. The number of hydrogen-bond acceptors (Lipinski definition) is 4. The van der Waals surface area contributed by atoms with Gasteiger partial charge in [-0.25, -0.2) is 8.42 Å². The van der Waals surface area contributed by atoms with Crippen LogP contribution in [0.25, 0.3) is 0 Å². The van der Waals surface area contributed by atoms with Gasteiger partial charge < -0.3 is 4.74 Å². The van der Waals surface area contributed by atoms with Gasteiger partial charge in [0.1, 0.15) is 11.5 Å². The fraction of sp³-hybridized carbons (Fsp3) is 0.300. The zero-order chi connectivity index (χ0) is 13.1. The number of benzene rings is 1. The van der Waals surface area contributed by atoms with Crippen molar-refractivity contribution in [1.82, 2.24) is 0 Å². The van der Waals surface area contributed by atoms with Gasteiger partial charge in [0.2, 0.25) is 0 Å². The molecule has 0 bridgehead atoms. The van der Waals surface area contributed by atoms with Crippen LogP contribution in [0.5, 0.6) is 5.75 Å². The highest BCUT2D eigenvalue weighted by atomic mass is 32.2. The highest BCUT2D eigenvalue weighted by Gasteiger charge is 2.18. The van der Waals surface area contributed by atoms with Gasteiger partial charge in [0, 0.05) is 6.26 Å². The van der Waals surface area contributed by atoms with Crippen molar-refractivity contribution in [3.05, 3.63) is 29.8 Å². The first-order valence-corrected chi connectivity index (χ1v) is 6.60. The molecule has 0 atom stereocenters. The fourth-order valence-electron chi connectivity index (χ4n) is 1.21. The van der Waals surface area contributed by atoms with Gasteiger partial charge in [-0.1, -0.05) is 12.1 Å². The quantitative estimate of drug-likeness (QED) is 0.756. The Morgan fingerprint density at radius 1 is 1.35 bits per heavy atom. The van der Waals surface area contributed by atoms with Crippen molar-refractivity contribution < 1.29 is 26.7 Å². The summed E-state index contributed by atoms with van der Waals surface area (Å²) in [5, 5.41) is 0. The third-order valence-electron chi connectivity index (χ3n) is 1.80. The Morgan fingerprint density at radius 2 is 1.94 bits per heavy atom. The molecule has 0 aliphatic rings. The van der Waals surface area contributed by atoms with Crippen molar-refractivity contribution in [2.45, 2.75) is 6.61 Å². The van der Waals surface area contributed by atoms with Crippen LogP contribution >= 0.6 is 0 Å². The number of hydrogen-bond donors (Lipinski definition) is 0. The molecule has 0 fully saturated rings. The third kappa shape index (κ3) is 4.48. The lowest BCUT2D eigenvalue weighted by Crippen LogP contribution is -2.16. The fourth-order valence-corrected chi connectivity index (χ4v) is 1.84. The molecule has 0 spiro atoms. The molecule has 17 heavy (non-hydrogen) atoms. The van der Waals surface area contributed by atoms with E-state index in [-0.39, 0.29) is 11.3 Å². The summed E-state index contributed by atoms with van der Waals surface area (Å²) in [6.07, 6.45) is 0.890. The van der Waals surface area contributed by atoms with Crippen LogP contribution in [0.3, 0.4) is 0 Å². The minimum Gasteiger partial charge on any atom is -0.434 e. The number of Topliss-reactive ketones (excluding diaryl/α,β-unsaturated/α-hetero) is 1. The molecule has 1 aromatic rings.